The topological polar surface area (TPSA) is 32.8 Å². The Balaban J connectivity index is 1.98. The number of amides is 1. The van der Waals surface area contributed by atoms with Crippen molar-refractivity contribution in [3.63, 3.8) is 0 Å². The van der Waals surface area contributed by atoms with Crippen LogP contribution in [0.1, 0.15) is 23.2 Å². The van der Waals surface area contributed by atoms with E-state index in [-0.39, 0.29) is 11.5 Å². The molecule has 3 rings (SSSR count). The minimum Gasteiger partial charge on any atom is -0.484 e. The third kappa shape index (κ3) is 2.44. The molecule has 2 heterocycles. The number of likely N-dealkylation sites (tertiary alicyclic amines) is 1. The lowest BCUT2D eigenvalue weighted by Gasteiger charge is -2.41. The van der Waals surface area contributed by atoms with E-state index in [1.807, 2.05) is 25.2 Å². The van der Waals surface area contributed by atoms with Gasteiger partial charge in [0, 0.05) is 37.5 Å². The first-order valence-corrected chi connectivity index (χ1v) is 7.71. The number of halogens is 1. The van der Waals surface area contributed by atoms with Crippen molar-refractivity contribution in [1.82, 2.24) is 9.80 Å². The summed E-state index contributed by atoms with van der Waals surface area (Å²) in [5.74, 6) is 0.754. The molecule has 4 nitrogen and oxygen atoms in total. The van der Waals surface area contributed by atoms with Gasteiger partial charge in [0.15, 0.2) is 0 Å². The molecule has 5 heteroatoms. The molecule has 1 fully saturated rings. The second kappa shape index (κ2) is 5.04. The van der Waals surface area contributed by atoms with Gasteiger partial charge in [-0.15, -0.1) is 0 Å². The van der Waals surface area contributed by atoms with Gasteiger partial charge in [-0.3, -0.25) is 4.79 Å². The fourth-order valence-corrected chi connectivity index (χ4v) is 3.38. The van der Waals surface area contributed by atoms with Crippen LogP contribution in [0, 0.1) is 0 Å². The van der Waals surface area contributed by atoms with Crippen molar-refractivity contribution in [3.8, 4) is 5.75 Å². The fraction of sp³-hybridized carbons (Fsp3) is 0.533. The van der Waals surface area contributed by atoms with Crippen LogP contribution in [0.3, 0.4) is 0 Å². The first-order chi connectivity index (χ1) is 9.49. The molecule has 2 aliphatic rings. The maximum atomic E-state index is 12.5. The second-order valence-electron chi connectivity index (χ2n) is 5.89. The van der Waals surface area contributed by atoms with Gasteiger partial charge in [0.25, 0.3) is 5.91 Å². The Hall–Kier alpha value is -1.07. The van der Waals surface area contributed by atoms with Gasteiger partial charge in [0.05, 0.1) is 12.1 Å². The van der Waals surface area contributed by atoms with Gasteiger partial charge in [-0.25, -0.2) is 0 Å². The summed E-state index contributed by atoms with van der Waals surface area (Å²) in [5, 5.41) is 0. The number of hydrogen-bond donors (Lipinski definition) is 0. The summed E-state index contributed by atoms with van der Waals surface area (Å²) in [4.78, 5) is 16.6. The molecule has 0 atom stereocenters. The van der Waals surface area contributed by atoms with E-state index in [4.69, 9.17) is 4.74 Å². The number of hydrogen-bond acceptors (Lipinski definition) is 3. The van der Waals surface area contributed by atoms with Crippen LogP contribution in [0.4, 0.5) is 0 Å². The molecular formula is C15H19BrN2O2. The lowest BCUT2D eigenvalue weighted by Crippen LogP contribution is -2.52. The van der Waals surface area contributed by atoms with Crippen LogP contribution in [0.25, 0.3) is 0 Å². The Labute approximate surface area is 127 Å². The van der Waals surface area contributed by atoms with Gasteiger partial charge < -0.3 is 14.5 Å². The van der Waals surface area contributed by atoms with Crippen LogP contribution in [0.2, 0.25) is 0 Å². The van der Waals surface area contributed by atoms with Gasteiger partial charge in [0.1, 0.15) is 11.4 Å². The van der Waals surface area contributed by atoms with Gasteiger partial charge in [-0.05, 0) is 25.2 Å². The van der Waals surface area contributed by atoms with E-state index in [0.29, 0.717) is 17.9 Å². The molecule has 1 spiro atoms. The molecule has 0 N–H and O–H groups in total. The molecule has 0 bridgehead atoms. The Morgan fingerprint density at radius 1 is 1.25 bits per heavy atom. The molecule has 0 radical (unpaired) electrons. The number of carbonyl (C=O) groups excluding carboxylic acids is 1. The molecule has 0 saturated carbocycles. The first kappa shape index (κ1) is 13.9. The molecule has 0 aliphatic carbocycles. The number of carbonyl (C=O) groups is 1. The molecule has 0 aromatic heterocycles. The normalized spacial score (nSPS) is 22.4. The predicted octanol–water partition coefficient (Wildman–Crippen LogP) is 2.38. The largest absolute Gasteiger partial charge is 0.484 e. The van der Waals surface area contributed by atoms with Crippen molar-refractivity contribution in [2.24, 2.45) is 0 Å². The van der Waals surface area contributed by atoms with E-state index in [9.17, 15) is 4.79 Å². The van der Waals surface area contributed by atoms with E-state index >= 15 is 0 Å². The zero-order chi connectivity index (χ0) is 14.3. The maximum Gasteiger partial charge on any atom is 0.257 e. The first-order valence-electron chi connectivity index (χ1n) is 6.92. The summed E-state index contributed by atoms with van der Waals surface area (Å²) >= 11 is 3.43. The minimum absolute atomic E-state index is 0.0390. The Kier molecular flexibility index (Phi) is 3.50. The van der Waals surface area contributed by atoms with Crippen LogP contribution in [-0.2, 0) is 0 Å². The average Bonchev–Trinajstić information content (AvgIpc) is 2.52. The number of fused-ring (bicyclic) bond motifs is 1. The van der Waals surface area contributed by atoms with Gasteiger partial charge in [-0.1, -0.05) is 15.9 Å². The van der Waals surface area contributed by atoms with Crippen LogP contribution in [0.5, 0.6) is 5.75 Å². The van der Waals surface area contributed by atoms with E-state index < -0.39 is 0 Å². The van der Waals surface area contributed by atoms with E-state index in [2.05, 4.69) is 27.9 Å². The molecule has 108 valence electrons. The third-order valence-corrected chi connectivity index (χ3v) is 4.76. The molecule has 2 aliphatic heterocycles. The quantitative estimate of drug-likeness (QED) is 0.728. The molecular weight excluding hydrogens is 320 g/mol. The van der Waals surface area contributed by atoms with Crippen LogP contribution in [-0.4, -0.2) is 55.0 Å². The van der Waals surface area contributed by atoms with Crippen molar-refractivity contribution in [1.29, 1.82) is 0 Å². The van der Waals surface area contributed by atoms with E-state index in [0.717, 1.165) is 30.4 Å². The lowest BCUT2D eigenvalue weighted by atomic mass is 9.91. The zero-order valence-electron chi connectivity index (χ0n) is 11.9. The van der Waals surface area contributed by atoms with Crippen LogP contribution < -0.4 is 4.74 Å². The van der Waals surface area contributed by atoms with Crippen molar-refractivity contribution in [2.45, 2.75) is 18.4 Å². The summed E-state index contributed by atoms with van der Waals surface area (Å²) in [6, 6.07) is 5.68. The third-order valence-electron chi connectivity index (χ3n) is 4.27. The standard InChI is InChI=1S/C15H19BrN2O2/c1-17-7-5-15(6-8-17)10-18(2)14(19)12-9-11(16)3-4-13(12)20-15/h3-4,9H,5-8,10H2,1-2H3. The van der Waals surface area contributed by atoms with Crippen molar-refractivity contribution >= 4 is 21.8 Å². The SMILES string of the molecule is CN1CCC2(CC1)CN(C)C(=O)c1cc(Br)ccc1O2. The van der Waals surface area contributed by atoms with Gasteiger partial charge in [0.2, 0.25) is 0 Å². The van der Waals surface area contributed by atoms with Crippen LogP contribution >= 0.6 is 15.9 Å². The van der Waals surface area contributed by atoms with Crippen molar-refractivity contribution in [2.75, 3.05) is 33.7 Å². The molecule has 20 heavy (non-hydrogen) atoms. The monoisotopic (exact) mass is 338 g/mol. The fourth-order valence-electron chi connectivity index (χ4n) is 3.02. The highest BCUT2D eigenvalue weighted by Crippen LogP contribution is 2.35. The molecule has 1 aromatic carbocycles. The van der Waals surface area contributed by atoms with Crippen LogP contribution in [0.15, 0.2) is 22.7 Å². The Morgan fingerprint density at radius 3 is 2.65 bits per heavy atom. The number of likely N-dealkylation sites (N-methyl/N-ethyl adjacent to an activating group) is 1. The zero-order valence-corrected chi connectivity index (χ0v) is 13.4. The number of benzene rings is 1. The van der Waals surface area contributed by atoms with Crippen molar-refractivity contribution < 1.29 is 9.53 Å². The average molecular weight is 339 g/mol. The van der Waals surface area contributed by atoms with Crippen molar-refractivity contribution in [3.05, 3.63) is 28.2 Å². The van der Waals surface area contributed by atoms with E-state index in [1.165, 1.54) is 0 Å². The summed E-state index contributed by atoms with van der Waals surface area (Å²) in [7, 11) is 3.99. The summed E-state index contributed by atoms with van der Waals surface area (Å²) in [6.07, 6.45) is 1.91. The molecule has 1 aromatic rings. The highest BCUT2D eigenvalue weighted by molar-refractivity contribution is 9.10. The molecule has 0 unspecified atom stereocenters. The highest BCUT2D eigenvalue weighted by atomic mass is 79.9. The summed E-state index contributed by atoms with van der Waals surface area (Å²) < 4.78 is 7.22. The summed E-state index contributed by atoms with van der Waals surface area (Å²) in [5.41, 5.74) is 0.411. The smallest absolute Gasteiger partial charge is 0.257 e. The Morgan fingerprint density at radius 2 is 1.95 bits per heavy atom. The number of nitrogens with zero attached hydrogens (tertiary/aromatic N) is 2. The number of rotatable bonds is 0. The van der Waals surface area contributed by atoms with Gasteiger partial charge >= 0.3 is 0 Å². The highest BCUT2D eigenvalue weighted by Gasteiger charge is 2.41. The minimum atomic E-state index is -0.240. The van der Waals surface area contributed by atoms with E-state index in [1.54, 1.807) is 4.90 Å². The molecule has 1 amide bonds. The summed E-state index contributed by atoms with van der Waals surface area (Å²) in [6.45, 7) is 2.67. The number of piperidine rings is 1. The predicted molar refractivity (Wildman–Crippen MR) is 81.2 cm³/mol. The lowest BCUT2D eigenvalue weighted by molar-refractivity contribution is -0.00606. The maximum absolute atomic E-state index is 12.5. The molecule has 1 saturated heterocycles. The number of ether oxygens (including phenoxy) is 1. The second-order valence-corrected chi connectivity index (χ2v) is 6.81. The van der Waals surface area contributed by atoms with Gasteiger partial charge in [-0.2, -0.15) is 0 Å². The Bertz CT molecular complexity index is 539.